The van der Waals surface area contributed by atoms with Gasteiger partial charge in [-0.25, -0.2) is 0 Å². The Bertz CT molecular complexity index is 832. The molecule has 1 saturated heterocycles. The number of amides is 2. The minimum Gasteiger partial charge on any atom is -0.381 e. The number of aromatic nitrogens is 1. The lowest BCUT2D eigenvalue weighted by Crippen LogP contribution is -2.37. The molecule has 0 saturated carbocycles. The van der Waals surface area contributed by atoms with E-state index in [9.17, 15) is 9.59 Å². The van der Waals surface area contributed by atoms with Crippen LogP contribution in [0, 0.1) is 5.92 Å². The fourth-order valence-corrected chi connectivity index (χ4v) is 3.40. The smallest absolute Gasteiger partial charge is 0.261 e. The first-order chi connectivity index (χ1) is 11.7. The largest absolute Gasteiger partial charge is 0.381 e. The molecule has 0 bridgehead atoms. The van der Waals surface area contributed by atoms with Crippen molar-refractivity contribution in [3.63, 3.8) is 0 Å². The predicted molar refractivity (Wildman–Crippen MR) is 90.0 cm³/mol. The predicted octanol–water partition coefficient (Wildman–Crippen LogP) is 2.41. The summed E-state index contributed by atoms with van der Waals surface area (Å²) in [6.45, 7) is 1.89. The van der Waals surface area contributed by atoms with Gasteiger partial charge in [0, 0.05) is 37.4 Å². The van der Waals surface area contributed by atoms with Crippen LogP contribution in [0.1, 0.15) is 18.4 Å². The van der Waals surface area contributed by atoms with Gasteiger partial charge in [-0.05, 0) is 36.5 Å². The third-order valence-corrected chi connectivity index (χ3v) is 4.73. The van der Waals surface area contributed by atoms with E-state index in [4.69, 9.17) is 4.74 Å². The molecule has 24 heavy (non-hydrogen) atoms. The van der Waals surface area contributed by atoms with E-state index in [0.29, 0.717) is 31.2 Å². The molecule has 1 aromatic heterocycles. The van der Waals surface area contributed by atoms with Gasteiger partial charge in [-0.3, -0.25) is 19.5 Å². The second-order valence-electron chi connectivity index (χ2n) is 6.24. The molecule has 0 N–H and O–H groups in total. The van der Waals surface area contributed by atoms with E-state index < -0.39 is 0 Å². The number of hydrogen-bond donors (Lipinski definition) is 0. The monoisotopic (exact) mass is 322 g/mol. The first-order valence-corrected chi connectivity index (χ1v) is 8.23. The van der Waals surface area contributed by atoms with Gasteiger partial charge in [-0.1, -0.05) is 18.2 Å². The highest BCUT2D eigenvalue weighted by Crippen LogP contribution is 2.30. The first kappa shape index (κ1) is 15.0. The molecule has 1 aromatic carbocycles. The zero-order valence-corrected chi connectivity index (χ0v) is 13.3. The maximum Gasteiger partial charge on any atom is 0.261 e. The van der Waals surface area contributed by atoms with Crippen LogP contribution in [0.15, 0.2) is 42.6 Å². The van der Waals surface area contributed by atoms with Crippen LogP contribution in [0.2, 0.25) is 0 Å². The van der Waals surface area contributed by atoms with Crippen LogP contribution in [0.5, 0.6) is 0 Å². The summed E-state index contributed by atoms with van der Waals surface area (Å²) in [6.07, 6.45) is 4.97. The summed E-state index contributed by atoms with van der Waals surface area (Å²) in [5.74, 6) is -0.0983. The van der Waals surface area contributed by atoms with E-state index in [1.54, 1.807) is 6.20 Å². The number of nitrogens with zero attached hydrogens (tertiary/aromatic N) is 2. The highest BCUT2D eigenvalue weighted by Gasteiger charge is 2.34. The Balaban J connectivity index is 1.63. The fraction of sp³-hybridized carbons (Fsp3) is 0.316. The lowest BCUT2D eigenvalue weighted by molar-refractivity contribution is -0.137. The van der Waals surface area contributed by atoms with Crippen molar-refractivity contribution in [3.8, 4) is 0 Å². The van der Waals surface area contributed by atoms with Crippen LogP contribution >= 0.6 is 0 Å². The average molecular weight is 322 g/mol. The van der Waals surface area contributed by atoms with Gasteiger partial charge >= 0.3 is 0 Å². The minimum absolute atomic E-state index is 0.206. The van der Waals surface area contributed by atoms with Crippen LogP contribution in [-0.2, 0) is 14.3 Å². The van der Waals surface area contributed by atoms with Crippen LogP contribution in [-0.4, -0.2) is 41.5 Å². The minimum atomic E-state index is -0.220. The van der Waals surface area contributed by atoms with E-state index in [-0.39, 0.29) is 11.8 Å². The van der Waals surface area contributed by atoms with Crippen molar-refractivity contribution in [1.82, 2.24) is 9.88 Å². The lowest BCUT2D eigenvalue weighted by Gasteiger charge is -2.26. The Morgan fingerprint density at radius 3 is 2.79 bits per heavy atom. The molecule has 122 valence electrons. The molecule has 2 aliphatic heterocycles. The topological polar surface area (TPSA) is 59.5 Å². The summed E-state index contributed by atoms with van der Waals surface area (Å²) in [5.41, 5.74) is 2.05. The van der Waals surface area contributed by atoms with Crippen LogP contribution < -0.4 is 0 Å². The normalized spacial score (nSPS) is 19.2. The van der Waals surface area contributed by atoms with Gasteiger partial charge in [0.2, 0.25) is 0 Å². The zero-order chi connectivity index (χ0) is 16.5. The van der Waals surface area contributed by atoms with Gasteiger partial charge < -0.3 is 4.74 Å². The van der Waals surface area contributed by atoms with E-state index in [1.807, 2.05) is 30.3 Å². The molecule has 0 radical (unpaired) electrons. The third-order valence-electron chi connectivity index (χ3n) is 4.73. The maximum atomic E-state index is 12.8. The standard InChI is InChI=1S/C19H18N2O3/c22-18-11-16(14-3-1-5-17-15(14)4-2-8-20-17)19(23)21(18)12-13-6-9-24-10-7-13/h1-5,8,11,13H,6-7,9-10,12H2. The van der Waals surface area contributed by atoms with Crippen LogP contribution in [0.4, 0.5) is 0 Å². The van der Waals surface area contributed by atoms with Crippen molar-refractivity contribution in [3.05, 3.63) is 48.2 Å². The Hall–Kier alpha value is -2.53. The number of fused-ring (bicyclic) bond motifs is 1. The van der Waals surface area contributed by atoms with E-state index >= 15 is 0 Å². The molecule has 1 fully saturated rings. The van der Waals surface area contributed by atoms with Gasteiger partial charge in [-0.2, -0.15) is 0 Å². The van der Waals surface area contributed by atoms with Gasteiger partial charge in [0.25, 0.3) is 11.8 Å². The molecule has 3 heterocycles. The van der Waals surface area contributed by atoms with Crippen LogP contribution in [0.25, 0.3) is 16.5 Å². The molecular weight excluding hydrogens is 304 g/mol. The molecule has 5 heteroatoms. The van der Waals surface area contributed by atoms with Crippen LogP contribution in [0.3, 0.4) is 0 Å². The van der Waals surface area contributed by atoms with E-state index in [0.717, 1.165) is 29.3 Å². The molecule has 2 amide bonds. The molecule has 5 nitrogen and oxygen atoms in total. The summed E-state index contributed by atoms with van der Waals surface area (Å²) in [7, 11) is 0. The molecule has 2 aromatic rings. The molecule has 0 spiro atoms. The highest BCUT2D eigenvalue weighted by atomic mass is 16.5. The second kappa shape index (κ2) is 6.17. The molecule has 0 atom stereocenters. The van der Waals surface area contributed by atoms with Crippen molar-refractivity contribution in [2.75, 3.05) is 19.8 Å². The quantitative estimate of drug-likeness (QED) is 0.814. The van der Waals surface area contributed by atoms with Crippen molar-refractivity contribution in [2.24, 2.45) is 5.92 Å². The first-order valence-electron chi connectivity index (χ1n) is 8.23. The summed E-state index contributed by atoms with van der Waals surface area (Å²) < 4.78 is 5.35. The zero-order valence-electron chi connectivity index (χ0n) is 13.3. The number of carbonyl (C=O) groups excluding carboxylic acids is 2. The molecule has 0 aliphatic carbocycles. The van der Waals surface area contributed by atoms with Crippen molar-refractivity contribution < 1.29 is 14.3 Å². The SMILES string of the molecule is O=C1C=C(c2cccc3ncccc23)C(=O)N1CC1CCOCC1. The Labute approximate surface area is 139 Å². The molecule has 2 aliphatic rings. The molecular formula is C19H18N2O3. The number of carbonyl (C=O) groups is 2. The van der Waals surface area contributed by atoms with Crippen molar-refractivity contribution in [1.29, 1.82) is 0 Å². The summed E-state index contributed by atoms with van der Waals surface area (Å²) in [5, 5.41) is 0.889. The number of rotatable bonds is 3. The number of hydrogen-bond acceptors (Lipinski definition) is 4. The van der Waals surface area contributed by atoms with Gasteiger partial charge in [0.05, 0.1) is 11.1 Å². The summed E-state index contributed by atoms with van der Waals surface area (Å²) in [4.78, 5) is 30.9. The Morgan fingerprint density at radius 2 is 1.96 bits per heavy atom. The van der Waals surface area contributed by atoms with Gasteiger partial charge in [0.1, 0.15) is 0 Å². The molecule has 0 unspecified atom stereocenters. The number of ether oxygens (including phenoxy) is 1. The molecule has 4 rings (SSSR count). The second-order valence-corrected chi connectivity index (χ2v) is 6.24. The van der Waals surface area contributed by atoms with Crippen molar-refractivity contribution in [2.45, 2.75) is 12.8 Å². The Morgan fingerprint density at radius 1 is 1.12 bits per heavy atom. The van der Waals surface area contributed by atoms with E-state index in [2.05, 4.69) is 4.98 Å². The summed E-state index contributed by atoms with van der Waals surface area (Å²) >= 11 is 0. The van der Waals surface area contributed by atoms with E-state index in [1.165, 1.54) is 11.0 Å². The van der Waals surface area contributed by atoms with Crippen molar-refractivity contribution >= 4 is 28.3 Å². The number of imide groups is 1. The van der Waals surface area contributed by atoms with Gasteiger partial charge in [0.15, 0.2) is 0 Å². The third kappa shape index (κ3) is 2.61. The lowest BCUT2D eigenvalue weighted by atomic mass is 9.99. The maximum absolute atomic E-state index is 12.8. The number of benzene rings is 1. The average Bonchev–Trinajstić information content (AvgIpc) is 2.90. The Kier molecular flexibility index (Phi) is 3.86. The summed E-state index contributed by atoms with van der Waals surface area (Å²) in [6, 6.07) is 9.41. The fourth-order valence-electron chi connectivity index (χ4n) is 3.40. The highest BCUT2D eigenvalue weighted by molar-refractivity contribution is 6.34. The van der Waals surface area contributed by atoms with Gasteiger partial charge in [-0.15, -0.1) is 0 Å². The number of pyridine rings is 1.